The van der Waals surface area contributed by atoms with E-state index in [9.17, 15) is 4.79 Å². The number of thiol groups is 1. The van der Waals surface area contributed by atoms with Crippen LogP contribution < -0.4 is 0 Å². The van der Waals surface area contributed by atoms with E-state index in [2.05, 4.69) is 12.6 Å². The first-order chi connectivity index (χ1) is 5.77. The second kappa shape index (κ2) is 8.14. The second-order valence-electron chi connectivity index (χ2n) is 2.02. The Morgan fingerprint density at radius 3 is 1.50 bits per heavy atom. The number of benzene rings is 1. The lowest BCUT2D eigenvalue weighted by Crippen LogP contribution is -1.93. The van der Waals surface area contributed by atoms with Crippen molar-refractivity contribution in [2.75, 3.05) is 5.75 Å². The normalized spacial score (nSPS) is 8.08. The van der Waals surface area contributed by atoms with E-state index in [-0.39, 0.29) is 6.42 Å². The molecule has 12 heavy (non-hydrogen) atoms. The van der Waals surface area contributed by atoms with Crippen LogP contribution in [0.1, 0.15) is 6.42 Å². The first-order valence-electron chi connectivity index (χ1n) is 3.60. The van der Waals surface area contributed by atoms with Crippen molar-refractivity contribution in [3.8, 4) is 0 Å². The maximum atomic E-state index is 9.55. The maximum absolute atomic E-state index is 9.55. The summed E-state index contributed by atoms with van der Waals surface area (Å²) in [7, 11) is 0. The van der Waals surface area contributed by atoms with E-state index in [4.69, 9.17) is 5.11 Å². The zero-order valence-electron chi connectivity index (χ0n) is 6.68. The van der Waals surface area contributed by atoms with E-state index in [0.29, 0.717) is 5.75 Å². The number of rotatable bonds is 2. The summed E-state index contributed by atoms with van der Waals surface area (Å²) >= 11 is 3.68. The molecular weight excluding hydrogens is 172 g/mol. The van der Waals surface area contributed by atoms with Gasteiger partial charge in [-0.1, -0.05) is 36.4 Å². The standard InChI is InChI=1S/C6H6.C3H6O2S/c1-2-4-6-5-3-1;4-3(5)1-2-6/h1-6H;6H,1-2H2,(H,4,5). The fourth-order valence-corrected chi connectivity index (χ4v) is 0.672. The summed E-state index contributed by atoms with van der Waals surface area (Å²) < 4.78 is 0. The molecule has 1 aromatic carbocycles. The van der Waals surface area contributed by atoms with Crippen molar-refractivity contribution in [2.45, 2.75) is 6.42 Å². The Balaban J connectivity index is 0.000000202. The van der Waals surface area contributed by atoms with Gasteiger partial charge in [-0.05, 0) is 0 Å². The minimum Gasteiger partial charge on any atom is -0.481 e. The minimum atomic E-state index is -0.787. The second-order valence-corrected chi connectivity index (χ2v) is 2.47. The molecule has 0 aliphatic heterocycles. The average molecular weight is 184 g/mol. The third-order valence-electron chi connectivity index (χ3n) is 0.992. The number of carbonyl (C=O) groups is 1. The summed E-state index contributed by atoms with van der Waals surface area (Å²) in [6, 6.07) is 12.0. The van der Waals surface area contributed by atoms with Crippen molar-refractivity contribution in [1.29, 1.82) is 0 Å². The Morgan fingerprint density at radius 2 is 1.42 bits per heavy atom. The van der Waals surface area contributed by atoms with Crippen molar-refractivity contribution in [1.82, 2.24) is 0 Å². The van der Waals surface area contributed by atoms with Crippen molar-refractivity contribution < 1.29 is 9.90 Å². The van der Waals surface area contributed by atoms with Gasteiger partial charge in [-0.2, -0.15) is 12.6 Å². The molecule has 0 amide bonds. The van der Waals surface area contributed by atoms with Crippen molar-refractivity contribution in [3.05, 3.63) is 36.4 Å². The third-order valence-corrected chi connectivity index (χ3v) is 1.22. The maximum Gasteiger partial charge on any atom is 0.304 e. The van der Waals surface area contributed by atoms with Crippen LogP contribution in [-0.4, -0.2) is 16.8 Å². The van der Waals surface area contributed by atoms with Gasteiger partial charge in [0.1, 0.15) is 0 Å². The molecule has 2 nitrogen and oxygen atoms in total. The zero-order chi connectivity index (χ0) is 9.23. The summed E-state index contributed by atoms with van der Waals surface area (Å²) in [6.45, 7) is 0. The molecule has 0 saturated heterocycles. The molecule has 0 aliphatic carbocycles. The summed E-state index contributed by atoms with van der Waals surface area (Å²) in [5, 5.41) is 7.86. The molecule has 0 spiro atoms. The van der Waals surface area contributed by atoms with Crippen LogP contribution in [0.25, 0.3) is 0 Å². The highest BCUT2D eigenvalue weighted by atomic mass is 32.1. The van der Waals surface area contributed by atoms with Crippen LogP contribution in [0, 0.1) is 0 Å². The van der Waals surface area contributed by atoms with Crippen molar-refractivity contribution in [2.24, 2.45) is 0 Å². The van der Waals surface area contributed by atoms with E-state index >= 15 is 0 Å². The largest absolute Gasteiger partial charge is 0.481 e. The van der Waals surface area contributed by atoms with Gasteiger partial charge in [-0.3, -0.25) is 4.79 Å². The van der Waals surface area contributed by atoms with Gasteiger partial charge in [0.05, 0.1) is 6.42 Å². The summed E-state index contributed by atoms with van der Waals surface area (Å²) in [5.74, 6) is -0.361. The lowest BCUT2D eigenvalue weighted by molar-refractivity contribution is -0.136. The highest BCUT2D eigenvalue weighted by molar-refractivity contribution is 7.80. The molecule has 0 atom stereocenters. The zero-order valence-corrected chi connectivity index (χ0v) is 7.58. The van der Waals surface area contributed by atoms with E-state index in [1.807, 2.05) is 36.4 Å². The quantitative estimate of drug-likeness (QED) is 0.690. The van der Waals surface area contributed by atoms with Gasteiger partial charge in [-0.15, -0.1) is 0 Å². The number of hydrogen-bond acceptors (Lipinski definition) is 2. The molecule has 0 fully saturated rings. The number of carboxylic acids is 1. The van der Waals surface area contributed by atoms with E-state index in [1.165, 1.54) is 0 Å². The van der Waals surface area contributed by atoms with E-state index in [0.717, 1.165) is 0 Å². The Bertz CT molecular complexity index is 172. The van der Waals surface area contributed by atoms with Crippen molar-refractivity contribution in [3.63, 3.8) is 0 Å². The Morgan fingerprint density at radius 1 is 1.08 bits per heavy atom. The molecule has 66 valence electrons. The lowest BCUT2D eigenvalue weighted by atomic mass is 10.4. The smallest absolute Gasteiger partial charge is 0.304 e. The molecule has 0 saturated carbocycles. The Hall–Kier alpha value is -0.960. The number of carboxylic acid groups (broad SMARTS) is 1. The molecule has 1 aromatic rings. The topological polar surface area (TPSA) is 37.3 Å². The van der Waals surface area contributed by atoms with Gasteiger partial charge >= 0.3 is 5.97 Å². The number of hydrogen-bond donors (Lipinski definition) is 2. The highest BCUT2D eigenvalue weighted by Crippen LogP contribution is 1.80. The van der Waals surface area contributed by atoms with E-state index < -0.39 is 5.97 Å². The van der Waals surface area contributed by atoms with Gasteiger partial charge in [0.2, 0.25) is 0 Å². The highest BCUT2D eigenvalue weighted by Gasteiger charge is 1.88. The van der Waals surface area contributed by atoms with Crippen LogP contribution in [0.4, 0.5) is 0 Å². The number of aliphatic carboxylic acids is 1. The fraction of sp³-hybridized carbons (Fsp3) is 0.222. The first-order valence-corrected chi connectivity index (χ1v) is 4.23. The van der Waals surface area contributed by atoms with Crippen molar-refractivity contribution >= 4 is 18.6 Å². The Kier molecular flexibility index (Phi) is 7.49. The van der Waals surface area contributed by atoms with Crippen LogP contribution in [0.2, 0.25) is 0 Å². The molecular formula is C9H12O2S. The van der Waals surface area contributed by atoms with Gasteiger partial charge in [0.25, 0.3) is 0 Å². The molecule has 0 aromatic heterocycles. The fourth-order valence-electron chi connectivity index (χ4n) is 0.481. The van der Waals surface area contributed by atoms with Gasteiger partial charge in [0.15, 0.2) is 0 Å². The van der Waals surface area contributed by atoms with Crippen LogP contribution in [-0.2, 0) is 4.79 Å². The van der Waals surface area contributed by atoms with Crippen LogP contribution in [0.15, 0.2) is 36.4 Å². The van der Waals surface area contributed by atoms with Gasteiger partial charge < -0.3 is 5.11 Å². The van der Waals surface area contributed by atoms with Gasteiger partial charge in [-0.25, -0.2) is 0 Å². The molecule has 0 radical (unpaired) electrons. The minimum absolute atomic E-state index is 0.156. The Labute approximate surface area is 77.6 Å². The first kappa shape index (κ1) is 11.0. The lowest BCUT2D eigenvalue weighted by Gasteiger charge is -1.79. The molecule has 0 aliphatic rings. The molecule has 1 N–H and O–H groups in total. The summed E-state index contributed by atoms with van der Waals surface area (Å²) in [5.41, 5.74) is 0. The molecule has 0 unspecified atom stereocenters. The third kappa shape index (κ3) is 9.04. The van der Waals surface area contributed by atoms with Crippen LogP contribution in [0.5, 0.6) is 0 Å². The van der Waals surface area contributed by atoms with Gasteiger partial charge in [0, 0.05) is 5.75 Å². The summed E-state index contributed by atoms with van der Waals surface area (Å²) in [6.07, 6.45) is 0.156. The SMILES string of the molecule is O=C(O)CCS.c1ccccc1. The molecule has 3 heteroatoms. The monoisotopic (exact) mass is 184 g/mol. The van der Waals surface area contributed by atoms with E-state index in [1.54, 1.807) is 0 Å². The summed E-state index contributed by atoms with van der Waals surface area (Å²) in [4.78, 5) is 9.55. The predicted octanol–water partition coefficient (Wildman–Crippen LogP) is 2.08. The molecule has 0 bridgehead atoms. The molecule has 1 rings (SSSR count). The van der Waals surface area contributed by atoms with Crippen LogP contribution in [0.3, 0.4) is 0 Å². The van der Waals surface area contributed by atoms with Crippen LogP contribution >= 0.6 is 12.6 Å². The molecule has 0 heterocycles. The predicted molar refractivity (Wildman–Crippen MR) is 52.5 cm³/mol. The average Bonchev–Trinajstić information content (AvgIpc) is 2.08.